The smallest absolute Gasteiger partial charge is 0.0465 e. The van der Waals surface area contributed by atoms with Gasteiger partial charge in [0.05, 0.1) is 0 Å². The van der Waals surface area contributed by atoms with E-state index >= 15 is 0 Å². The Morgan fingerprint density at radius 2 is 0.913 bits per heavy atom. The summed E-state index contributed by atoms with van der Waals surface area (Å²) >= 11 is 1.90. The topological polar surface area (TPSA) is 15.8 Å². The minimum Gasteiger partial charge on any atom is -0.355 e. The molecular weight excluding hydrogens is 575 g/mol. The lowest BCUT2D eigenvalue weighted by Gasteiger charge is -2.11. The van der Waals surface area contributed by atoms with Gasteiger partial charge >= 0.3 is 0 Å². The van der Waals surface area contributed by atoms with Crippen LogP contribution in [0.2, 0.25) is 0 Å². The SMILES string of the molecule is c1ccc2cc(-c3ccc4sc5c(-c6ccc7[nH]c8ccccc8c7c6)cc(-c6ccc7ccccc7c6)cc5c4c3)ccc2c1. The van der Waals surface area contributed by atoms with Gasteiger partial charge in [-0.25, -0.2) is 0 Å². The molecule has 0 saturated carbocycles. The maximum Gasteiger partial charge on any atom is 0.0465 e. The molecule has 0 unspecified atom stereocenters. The third-order valence-corrected chi connectivity index (χ3v) is 10.8. The second-order valence-electron chi connectivity index (χ2n) is 12.3. The first kappa shape index (κ1) is 25.6. The summed E-state index contributed by atoms with van der Waals surface area (Å²) in [5, 5.41) is 10.2. The highest BCUT2D eigenvalue weighted by molar-refractivity contribution is 7.26. The zero-order valence-corrected chi connectivity index (χ0v) is 25.7. The zero-order chi connectivity index (χ0) is 30.2. The molecule has 0 radical (unpaired) electrons. The largest absolute Gasteiger partial charge is 0.355 e. The van der Waals surface area contributed by atoms with Gasteiger partial charge in [-0.2, -0.15) is 0 Å². The summed E-state index contributed by atoms with van der Waals surface area (Å²) < 4.78 is 2.64. The average molecular weight is 602 g/mol. The number of hydrogen-bond donors (Lipinski definition) is 1. The predicted octanol–water partition coefficient (Wildman–Crippen LogP) is 13.0. The first-order chi connectivity index (χ1) is 22.7. The van der Waals surface area contributed by atoms with Gasteiger partial charge in [0.1, 0.15) is 0 Å². The molecule has 214 valence electrons. The van der Waals surface area contributed by atoms with E-state index in [9.17, 15) is 0 Å². The second-order valence-corrected chi connectivity index (χ2v) is 13.3. The van der Waals surface area contributed by atoms with Crippen LogP contribution >= 0.6 is 11.3 Å². The number of nitrogens with one attached hydrogen (secondary N) is 1. The van der Waals surface area contributed by atoms with Crippen molar-refractivity contribution in [1.29, 1.82) is 0 Å². The summed E-state index contributed by atoms with van der Waals surface area (Å²) in [6.07, 6.45) is 0. The normalized spacial score (nSPS) is 11.9. The van der Waals surface area contributed by atoms with Crippen molar-refractivity contribution in [3.8, 4) is 33.4 Å². The van der Waals surface area contributed by atoms with Crippen molar-refractivity contribution in [3.05, 3.63) is 158 Å². The van der Waals surface area contributed by atoms with Crippen molar-refractivity contribution in [3.63, 3.8) is 0 Å². The van der Waals surface area contributed by atoms with Crippen LogP contribution in [0.5, 0.6) is 0 Å². The fourth-order valence-corrected chi connectivity index (χ4v) is 8.39. The molecule has 0 amide bonds. The van der Waals surface area contributed by atoms with Gasteiger partial charge in [-0.05, 0) is 104 Å². The van der Waals surface area contributed by atoms with Crippen molar-refractivity contribution >= 4 is 74.9 Å². The summed E-state index contributed by atoms with van der Waals surface area (Å²) in [4.78, 5) is 3.60. The minimum absolute atomic E-state index is 1.17. The van der Waals surface area contributed by atoms with E-state index in [4.69, 9.17) is 0 Å². The lowest BCUT2D eigenvalue weighted by atomic mass is 9.93. The molecule has 10 aromatic rings. The van der Waals surface area contributed by atoms with Gasteiger partial charge in [-0.1, -0.05) is 103 Å². The van der Waals surface area contributed by atoms with Crippen molar-refractivity contribution in [2.75, 3.05) is 0 Å². The van der Waals surface area contributed by atoms with Gasteiger partial charge in [-0.3, -0.25) is 0 Å². The third-order valence-electron chi connectivity index (χ3n) is 9.55. The predicted molar refractivity (Wildman–Crippen MR) is 200 cm³/mol. The van der Waals surface area contributed by atoms with E-state index in [1.165, 1.54) is 96.9 Å². The summed E-state index contributed by atoms with van der Waals surface area (Å²) in [5.41, 5.74) is 9.83. The average Bonchev–Trinajstić information content (AvgIpc) is 3.68. The second kappa shape index (κ2) is 9.90. The number of para-hydroxylation sites is 1. The van der Waals surface area contributed by atoms with Gasteiger partial charge < -0.3 is 4.98 Å². The Balaban J connectivity index is 1.23. The lowest BCUT2D eigenvalue weighted by molar-refractivity contribution is 1.55. The van der Waals surface area contributed by atoms with Crippen LogP contribution in [0.15, 0.2) is 158 Å². The maximum atomic E-state index is 3.60. The van der Waals surface area contributed by atoms with E-state index < -0.39 is 0 Å². The molecule has 0 aliphatic carbocycles. The molecule has 0 fully saturated rings. The molecule has 0 spiro atoms. The molecule has 46 heavy (non-hydrogen) atoms. The van der Waals surface area contributed by atoms with Gasteiger partial charge in [0.25, 0.3) is 0 Å². The molecule has 0 aliphatic rings. The quantitative estimate of drug-likeness (QED) is 0.207. The number of thiophene rings is 1. The molecule has 0 saturated heterocycles. The molecule has 0 atom stereocenters. The van der Waals surface area contributed by atoms with Crippen LogP contribution in [-0.2, 0) is 0 Å². The van der Waals surface area contributed by atoms with Crippen LogP contribution < -0.4 is 0 Å². The summed E-state index contributed by atoms with van der Waals surface area (Å²) in [7, 11) is 0. The summed E-state index contributed by atoms with van der Waals surface area (Å²) in [6.45, 7) is 0. The van der Waals surface area contributed by atoms with Crippen molar-refractivity contribution in [2.24, 2.45) is 0 Å². The van der Waals surface area contributed by atoms with E-state index in [0.29, 0.717) is 0 Å². The van der Waals surface area contributed by atoms with Crippen LogP contribution in [0.3, 0.4) is 0 Å². The Morgan fingerprint density at radius 3 is 1.70 bits per heavy atom. The summed E-state index contributed by atoms with van der Waals surface area (Å²) in [5.74, 6) is 0. The zero-order valence-electron chi connectivity index (χ0n) is 24.9. The maximum absolute atomic E-state index is 3.60. The molecule has 2 heteroatoms. The fourth-order valence-electron chi connectivity index (χ4n) is 7.19. The molecule has 1 nitrogen and oxygen atoms in total. The Kier molecular flexibility index (Phi) is 5.51. The fraction of sp³-hybridized carbons (Fsp3) is 0. The molecular formula is C44H27NS. The molecule has 0 bridgehead atoms. The number of hydrogen-bond acceptors (Lipinski definition) is 1. The number of H-pyrrole nitrogens is 1. The highest BCUT2D eigenvalue weighted by Gasteiger charge is 2.16. The lowest BCUT2D eigenvalue weighted by Crippen LogP contribution is -1.85. The first-order valence-corrected chi connectivity index (χ1v) is 16.6. The van der Waals surface area contributed by atoms with E-state index in [1.54, 1.807) is 0 Å². The molecule has 1 N–H and O–H groups in total. The molecule has 2 aromatic heterocycles. The standard InChI is InChI=1S/C44H27NS/c1-3-9-29-21-31(15-13-27(29)7-1)33-18-20-43-39(23-33)40-26-35(32-16-14-28-8-2-4-10-30(28)22-32)25-37(44(40)46-43)34-17-19-42-38(24-34)36-11-5-6-12-41(36)45-42/h1-26,45H. The first-order valence-electron chi connectivity index (χ1n) is 15.7. The number of aromatic nitrogens is 1. The van der Waals surface area contributed by atoms with Gasteiger partial charge in [0, 0.05) is 47.5 Å². The van der Waals surface area contributed by atoms with Gasteiger partial charge in [-0.15, -0.1) is 11.3 Å². The molecule has 8 aromatic carbocycles. The Bertz CT molecular complexity index is 2810. The number of rotatable bonds is 3. The van der Waals surface area contributed by atoms with Crippen LogP contribution in [0.4, 0.5) is 0 Å². The number of aromatic amines is 1. The van der Waals surface area contributed by atoms with Crippen molar-refractivity contribution < 1.29 is 0 Å². The molecule has 10 rings (SSSR count). The van der Waals surface area contributed by atoms with Gasteiger partial charge in [0.2, 0.25) is 0 Å². The van der Waals surface area contributed by atoms with E-state index in [2.05, 4.69) is 163 Å². The van der Waals surface area contributed by atoms with Crippen LogP contribution in [0, 0.1) is 0 Å². The van der Waals surface area contributed by atoms with Crippen LogP contribution in [-0.4, -0.2) is 4.98 Å². The monoisotopic (exact) mass is 601 g/mol. The van der Waals surface area contributed by atoms with Crippen LogP contribution in [0.1, 0.15) is 0 Å². The van der Waals surface area contributed by atoms with Gasteiger partial charge in [0.15, 0.2) is 0 Å². The highest BCUT2D eigenvalue weighted by atomic mass is 32.1. The van der Waals surface area contributed by atoms with Crippen LogP contribution in [0.25, 0.3) is 96.9 Å². The Hall–Kier alpha value is -5.70. The minimum atomic E-state index is 1.17. The highest BCUT2D eigenvalue weighted by Crippen LogP contribution is 2.45. The number of benzene rings is 8. The Morgan fingerprint density at radius 1 is 0.348 bits per heavy atom. The number of fused-ring (bicyclic) bond motifs is 8. The molecule has 0 aliphatic heterocycles. The van der Waals surface area contributed by atoms with Crippen molar-refractivity contribution in [1.82, 2.24) is 4.98 Å². The van der Waals surface area contributed by atoms with E-state index in [0.717, 1.165) is 0 Å². The van der Waals surface area contributed by atoms with Crippen molar-refractivity contribution in [2.45, 2.75) is 0 Å². The molecule has 2 heterocycles. The Labute approximate surface area is 270 Å². The van der Waals surface area contributed by atoms with E-state index in [1.807, 2.05) is 11.3 Å². The van der Waals surface area contributed by atoms with E-state index in [-0.39, 0.29) is 0 Å². The third kappa shape index (κ3) is 4.01. The summed E-state index contributed by atoms with van der Waals surface area (Å²) in [6, 6.07) is 58.2.